The number of benzene rings is 1. The summed E-state index contributed by atoms with van der Waals surface area (Å²) >= 11 is 1.42. The number of thiophene rings is 1. The molecule has 0 bridgehead atoms. The highest BCUT2D eigenvalue weighted by Crippen LogP contribution is 2.22. The monoisotopic (exact) mass is 434 g/mol. The van der Waals surface area contributed by atoms with Gasteiger partial charge in [-0.05, 0) is 62.4 Å². The minimum atomic E-state index is 0.0166. The molecule has 0 aliphatic rings. The van der Waals surface area contributed by atoms with Crippen molar-refractivity contribution in [2.24, 2.45) is 0 Å². The Hall–Kier alpha value is -3.12. The fourth-order valence-corrected chi connectivity index (χ4v) is 4.93. The molecule has 0 saturated heterocycles. The van der Waals surface area contributed by atoms with E-state index in [1.165, 1.54) is 16.9 Å². The van der Waals surface area contributed by atoms with E-state index in [1.54, 1.807) is 13.2 Å². The molecule has 1 aromatic carbocycles. The number of aryl methyl sites for hydroxylation is 3. The summed E-state index contributed by atoms with van der Waals surface area (Å²) in [7, 11) is 1.66. The van der Waals surface area contributed by atoms with Crippen molar-refractivity contribution in [1.82, 2.24) is 9.13 Å². The maximum atomic E-state index is 13.2. The van der Waals surface area contributed by atoms with Crippen molar-refractivity contribution in [3.8, 4) is 5.75 Å². The lowest BCUT2D eigenvalue weighted by molar-refractivity contribution is 0.0972. The third-order valence-corrected chi connectivity index (χ3v) is 6.80. The molecule has 0 aliphatic carbocycles. The van der Waals surface area contributed by atoms with Crippen molar-refractivity contribution in [2.75, 3.05) is 7.11 Å². The fourth-order valence-electron chi connectivity index (χ4n) is 4.12. The Morgan fingerprint density at radius 1 is 1.00 bits per heavy atom. The van der Waals surface area contributed by atoms with E-state index in [0.717, 1.165) is 46.9 Å². The van der Waals surface area contributed by atoms with E-state index in [9.17, 15) is 9.59 Å². The molecule has 0 N–H and O–H groups in total. The number of ketones is 1. The number of nitrogens with zero attached hydrogens (tertiary/aromatic N) is 2. The number of methoxy groups -OCH3 is 1. The summed E-state index contributed by atoms with van der Waals surface area (Å²) in [6.45, 7) is 6.96. The Balaban J connectivity index is 1.56. The van der Waals surface area contributed by atoms with E-state index in [0.29, 0.717) is 4.70 Å². The van der Waals surface area contributed by atoms with Crippen LogP contribution in [0.25, 0.3) is 10.2 Å². The summed E-state index contributed by atoms with van der Waals surface area (Å²) in [5.41, 5.74) is 5.68. The summed E-state index contributed by atoms with van der Waals surface area (Å²) in [6, 6.07) is 13.6. The number of pyridine rings is 1. The van der Waals surface area contributed by atoms with E-state index >= 15 is 0 Å². The molecule has 3 aromatic heterocycles. The van der Waals surface area contributed by atoms with Gasteiger partial charge >= 0.3 is 0 Å². The molecule has 0 saturated carbocycles. The van der Waals surface area contributed by atoms with Gasteiger partial charge in [0, 0.05) is 35.3 Å². The first-order valence-corrected chi connectivity index (χ1v) is 11.2. The SMILES string of the molecule is COc1ccc(CCn2c(C)cc(C(=O)Cn3c(C)cc(=O)c4sccc43)c2C)cc1. The molecule has 4 rings (SSSR count). The van der Waals surface area contributed by atoms with Gasteiger partial charge in [-0.15, -0.1) is 11.3 Å². The molecule has 0 aliphatic heterocycles. The molecule has 0 fully saturated rings. The van der Waals surface area contributed by atoms with Crippen LogP contribution < -0.4 is 10.2 Å². The number of carbonyl (C=O) groups is 1. The van der Waals surface area contributed by atoms with E-state index < -0.39 is 0 Å². The minimum absolute atomic E-state index is 0.0166. The summed E-state index contributed by atoms with van der Waals surface area (Å²) in [5.74, 6) is 0.908. The van der Waals surface area contributed by atoms with E-state index in [4.69, 9.17) is 4.74 Å². The Bertz CT molecular complexity index is 1310. The standard InChI is InChI=1S/C25H26N2O3S/c1-16-13-21(18(3)26(16)11-9-19-5-7-20(30-4)8-6-19)24(29)15-27-17(2)14-23(28)25-22(27)10-12-31-25/h5-8,10,12-14H,9,11,15H2,1-4H3. The molecule has 4 aromatic rings. The number of aromatic nitrogens is 2. The van der Waals surface area contributed by atoms with E-state index in [-0.39, 0.29) is 17.8 Å². The second kappa shape index (κ2) is 8.55. The van der Waals surface area contributed by atoms with Gasteiger partial charge in [0.2, 0.25) is 0 Å². The molecule has 0 atom stereocenters. The predicted octanol–water partition coefficient (Wildman–Crippen LogP) is 4.92. The van der Waals surface area contributed by atoms with Gasteiger partial charge in [-0.2, -0.15) is 0 Å². The molecule has 6 heteroatoms. The van der Waals surface area contributed by atoms with Crippen LogP contribution in [0.2, 0.25) is 0 Å². The first-order chi connectivity index (χ1) is 14.9. The summed E-state index contributed by atoms with van der Waals surface area (Å²) in [5, 5.41) is 1.90. The van der Waals surface area contributed by atoms with Crippen LogP contribution in [0.3, 0.4) is 0 Å². The van der Waals surface area contributed by atoms with Crippen LogP contribution in [-0.4, -0.2) is 22.0 Å². The normalized spacial score (nSPS) is 11.2. The highest BCUT2D eigenvalue weighted by molar-refractivity contribution is 7.17. The maximum absolute atomic E-state index is 13.2. The van der Waals surface area contributed by atoms with Gasteiger partial charge in [0.05, 0.1) is 23.9 Å². The fraction of sp³-hybridized carbons (Fsp3) is 0.280. The molecular weight excluding hydrogens is 408 g/mol. The van der Waals surface area contributed by atoms with Crippen LogP contribution in [0.1, 0.15) is 33.0 Å². The van der Waals surface area contributed by atoms with Gasteiger partial charge in [-0.25, -0.2) is 0 Å². The highest BCUT2D eigenvalue weighted by atomic mass is 32.1. The molecule has 5 nitrogen and oxygen atoms in total. The number of Topliss-reactive ketones (excluding diaryl/α,β-unsaturated/α-hetero) is 1. The second-order valence-corrected chi connectivity index (χ2v) is 8.74. The zero-order chi connectivity index (χ0) is 22.1. The average Bonchev–Trinajstić information content (AvgIpc) is 3.35. The molecule has 3 heterocycles. The van der Waals surface area contributed by atoms with E-state index in [2.05, 4.69) is 16.7 Å². The van der Waals surface area contributed by atoms with Crippen molar-refractivity contribution in [1.29, 1.82) is 0 Å². The van der Waals surface area contributed by atoms with Crippen molar-refractivity contribution in [2.45, 2.75) is 40.3 Å². The first kappa shape index (κ1) is 21.1. The van der Waals surface area contributed by atoms with E-state index in [1.807, 2.05) is 55.0 Å². The van der Waals surface area contributed by atoms with Crippen LogP contribution in [0.4, 0.5) is 0 Å². The molecular formula is C25H26N2O3S. The molecule has 0 amide bonds. The molecule has 0 spiro atoms. The minimum Gasteiger partial charge on any atom is -0.497 e. The second-order valence-electron chi connectivity index (χ2n) is 7.83. The Labute approximate surface area is 185 Å². The highest BCUT2D eigenvalue weighted by Gasteiger charge is 2.18. The smallest absolute Gasteiger partial charge is 0.199 e. The zero-order valence-corrected chi connectivity index (χ0v) is 19.1. The van der Waals surface area contributed by atoms with Crippen molar-refractivity contribution >= 4 is 27.3 Å². The van der Waals surface area contributed by atoms with Crippen molar-refractivity contribution < 1.29 is 9.53 Å². The van der Waals surface area contributed by atoms with Gasteiger partial charge in [-0.1, -0.05) is 12.1 Å². The topological polar surface area (TPSA) is 53.2 Å². The number of hydrogen-bond donors (Lipinski definition) is 0. The Morgan fingerprint density at radius 2 is 1.71 bits per heavy atom. The molecule has 0 unspecified atom stereocenters. The number of fused-ring (bicyclic) bond motifs is 1. The van der Waals surface area contributed by atoms with Crippen molar-refractivity contribution in [3.05, 3.63) is 86.3 Å². The van der Waals surface area contributed by atoms with Gasteiger partial charge in [-0.3, -0.25) is 9.59 Å². The summed E-state index contributed by atoms with van der Waals surface area (Å²) in [4.78, 5) is 25.4. The van der Waals surface area contributed by atoms with Gasteiger partial charge in [0.25, 0.3) is 0 Å². The number of ether oxygens (including phenoxy) is 1. The van der Waals surface area contributed by atoms with Crippen LogP contribution in [0.5, 0.6) is 5.75 Å². The molecule has 0 radical (unpaired) electrons. The van der Waals surface area contributed by atoms with Crippen LogP contribution >= 0.6 is 11.3 Å². The van der Waals surface area contributed by atoms with Crippen molar-refractivity contribution in [3.63, 3.8) is 0 Å². The van der Waals surface area contributed by atoms with Crippen LogP contribution in [-0.2, 0) is 19.5 Å². The summed E-state index contributed by atoms with van der Waals surface area (Å²) < 4.78 is 10.1. The van der Waals surface area contributed by atoms with Crippen LogP contribution in [0.15, 0.2) is 52.6 Å². The predicted molar refractivity (Wildman–Crippen MR) is 126 cm³/mol. The number of hydrogen-bond acceptors (Lipinski definition) is 4. The Kier molecular flexibility index (Phi) is 5.83. The number of carbonyl (C=O) groups excluding carboxylic acids is 1. The number of rotatable bonds is 7. The average molecular weight is 435 g/mol. The largest absolute Gasteiger partial charge is 0.497 e. The lowest BCUT2D eigenvalue weighted by Gasteiger charge is -2.13. The first-order valence-electron chi connectivity index (χ1n) is 10.3. The summed E-state index contributed by atoms with van der Waals surface area (Å²) in [6.07, 6.45) is 0.877. The Morgan fingerprint density at radius 3 is 2.42 bits per heavy atom. The van der Waals surface area contributed by atoms with Gasteiger partial charge in [0.1, 0.15) is 5.75 Å². The molecule has 31 heavy (non-hydrogen) atoms. The van der Waals surface area contributed by atoms with Gasteiger partial charge in [0.15, 0.2) is 11.2 Å². The quantitative estimate of drug-likeness (QED) is 0.388. The molecule has 160 valence electrons. The van der Waals surface area contributed by atoms with Gasteiger partial charge < -0.3 is 13.9 Å². The third kappa shape index (κ3) is 4.08. The zero-order valence-electron chi connectivity index (χ0n) is 18.3. The lowest BCUT2D eigenvalue weighted by Crippen LogP contribution is -2.17. The van der Waals surface area contributed by atoms with Crippen LogP contribution in [0, 0.1) is 20.8 Å². The third-order valence-electron chi connectivity index (χ3n) is 5.88. The lowest BCUT2D eigenvalue weighted by atomic mass is 10.1. The maximum Gasteiger partial charge on any atom is 0.199 e.